The molecule has 0 radical (unpaired) electrons. The van der Waals surface area contributed by atoms with E-state index >= 15 is 0 Å². The average Bonchev–Trinajstić information content (AvgIpc) is 2.37. The maximum atomic E-state index is 12.5. The predicted molar refractivity (Wildman–Crippen MR) is 83.1 cm³/mol. The van der Waals surface area contributed by atoms with Crippen LogP contribution in [0, 0.1) is 13.8 Å². The molecule has 0 amide bonds. The molecule has 0 atom stereocenters. The third-order valence-electron chi connectivity index (χ3n) is 2.88. The Kier molecular flexibility index (Phi) is 4.01. The second-order valence-electron chi connectivity index (χ2n) is 4.39. The summed E-state index contributed by atoms with van der Waals surface area (Å²) >= 11 is 3.20. The van der Waals surface area contributed by atoms with E-state index in [2.05, 4.69) is 25.6 Å². The lowest BCUT2D eigenvalue weighted by Crippen LogP contribution is -2.17. The number of nitrogens with zero attached hydrogens (tertiary/aromatic N) is 1. The molecule has 0 aliphatic heterocycles. The Labute approximate surface area is 126 Å². The van der Waals surface area contributed by atoms with Crippen LogP contribution in [0.5, 0.6) is 0 Å². The first-order valence-corrected chi connectivity index (χ1v) is 8.09. The van der Waals surface area contributed by atoms with Gasteiger partial charge in [0, 0.05) is 6.20 Å². The number of nitrogens with two attached hydrogens (primary N) is 1. The van der Waals surface area contributed by atoms with Crippen LogP contribution in [0.2, 0.25) is 0 Å². The van der Waals surface area contributed by atoms with E-state index in [-0.39, 0.29) is 10.6 Å². The van der Waals surface area contributed by atoms with E-state index in [0.29, 0.717) is 15.9 Å². The van der Waals surface area contributed by atoms with Crippen molar-refractivity contribution in [3.8, 4) is 0 Å². The molecule has 0 saturated carbocycles. The summed E-state index contributed by atoms with van der Waals surface area (Å²) in [7, 11) is -3.76. The number of aryl methyl sites for hydroxylation is 2. The molecule has 3 N–H and O–H groups in total. The van der Waals surface area contributed by atoms with Crippen LogP contribution in [0.4, 0.5) is 11.4 Å². The number of aromatic nitrogens is 1. The van der Waals surface area contributed by atoms with Crippen LogP contribution in [-0.2, 0) is 10.0 Å². The molecule has 106 valence electrons. The number of rotatable bonds is 3. The molecule has 5 nitrogen and oxygen atoms in total. The van der Waals surface area contributed by atoms with Gasteiger partial charge in [-0.1, -0.05) is 12.1 Å². The molecule has 1 aromatic heterocycles. The zero-order valence-electron chi connectivity index (χ0n) is 11.0. The normalized spacial score (nSPS) is 11.3. The van der Waals surface area contributed by atoms with Crippen molar-refractivity contribution in [1.82, 2.24) is 4.98 Å². The quantitative estimate of drug-likeness (QED) is 0.654. The van der Waals surface area contributed by atoms with Crippen molar-refractivity contribution in [3.63, 3.8) is 0 Å². The summed E-state index contributed by atoms with van der Waals surface area (Å²) in [5, 5.41) is 0. The van der Waals surface area contributed by atoms with Gasteiger partial charge in [0.2, 0.25) is 0 Å². The molecule has 2 aromatic rings. The SMILES string of the molecule is Cc1ccc(C)c(S(=O)(=O)Nc2cccnc2Br)c1N. The highest BCUT2D eigenvalue weighted by Crippen LogP contribution is 2.29. The van der Waals surface area contributed by atoms with Crippen LogP contribution < -0.4 is 10.5 Å². The number of sulfonamides is 1. The van der Waals surface area contributed by atoms with E-state index in [1.165, 1.54) is 0 Å². The van der Waals surface area contributed by atoms with Crippen molar-refractivity contribution < 1.29 is 8.42 Å². The highest BCUT2D eigenvalue weighted by Gasteiger charge is 2.22. The number of hydrogen-bond acceptors (Lipinski definition) is 4. The van der Waals surface area contributed by atoms with E-state index in [0.717, 1.165) is 5.56 Å². The summed E-state index contributed by atoms with van der Waals surface area (Å²) in [4.78, 5) is 4.08. The standard InChI is InChI=1S/C13H14BrN3O2S/c1-8-5-6-9(2)12(11(8)15)20(18,19)17-10-4-3-7-16-13(10)14/h3-7,17H,15H2,1-2H3. The lowest BCUT2D eigenvalue weighted by Gasteiger charge is -2.14. The molecular weight excluding hydrogens is 342 g/mol. The van der Waals surface area contributed by atoms with Gasteiger partial charge in [-0.05, 0) is 53.0 Å². The molecule has 20 heavy (non-hydrogen) atoms. The second-order valence-corrected chi connectivity index (χ2v) is 6.76. The fraction of sp³-hybridized carbons (Fsp3) is 0.154. The number of hydrogen-bond donors (Lipinski definition) is 2. The molecule has 0 saturated heterocycles. The summed E-state index contributed by atoms with van der Waals surface area (Å²) in [6.07, 6.45) is 1.56. The lowest BCUT2D eigenvalue weighted by molar-refractivity contribution is 0.601. The maximum absolute atomic E-state index is 12.5. The van der Waals surface area contributed by atoms with Crippen molar-refractivity contribution in [2.45, 2.75) is 18.7 Å². The van der Waals surface area contributed by atoms with Crippen LogP contribution >= 0.6 is 15.9 Å². The van der Waals surface area contributed by atoms with E-state index in [1.54, 1.807) is 44.3 Å². The number of anilines is 2. The molecule has 0 spiro atoms. The minimum absolute atomic E-state index is 0.105. The zero-order chi connectivity index (χ0) is 14.9. The average molecular weight is 356 g/mol. The number of halogens is 1. The fourth-order valence-corrected chi connectivity index (χ4v) is 3.80. The molecule has 0 aliphatic rings. The van der Waals surface area contributed by atoms with Crippen LogP contribution in [-0.4, -0.2) is 13.4 Å². The summed E-state index contributed by atoms with van der Waals surface area (Å²) in [5.41, 5.74) is 7.87. The smallest absolute Gasteiger partial charge is 0.264 e. The third kappa shape index (κ3) is 2.78. The second kappa shape index (κ2) is 5.41. The van der Waals surface area contributed by atoms with Gasteiger partial charge in [0.25, 0.3) is 10.0 Å². The van der Waals surface area contributed by atoms with Gasteiger partial charge in [0.15, 0.2) is 0 Å². The first kappa shape index (κ1) is 14.8. The molecule has 0 aliphatic carbocycles. The molecule has 2 rings (SSSR count). The Balaban J connectivity index is 2.52. The minimum Gasteiger partial charge on any atom is -0.397 e. The van der Waals surface area contributed by atoms with Gasteiger partial charge in [-0.3, -0.25) is 4.72 Å². The molecular formula is C13H14BrN3O2S. The molecule has 0 bridgehead atoms. The van der Waals surface area contributed by atoms with Crippen LogP contribution in [0.3, 0.4) is 0 Å². The highest BCUT2D eigenvalue weighted by molar-refractivity contribution is 9.10. The lowest BCUT2D eigenvalue weighted by atomic mass is 10.1. The summed E-state index contributed by atoms with van der Waals surface area (Å²) in [6.45, 7) is 3.48. The highest BCUT2D eigenvalue weighted by atomic mass is 79.9. The Hall–Kier alpha value is -1.60. The van der Waals surface area contributed by atoms with Crippen molar-refractivity contribution >= 4 is 37.3 Å². The Morgan fingerprint density at radius 3 is 2.50 bits per heavy atom. The molecule has 1 heterocycles. The van der Waals surface area contributed by atoms with Gasteiger partial charge < -0.3 is 5.73 Å². The third-order valence-corrected chi connectivity index (χ3v) is 5.08. The molecule has 7 heteroatoms. The molecule has 0 fully saturated rings. The topological polar surface area (TPSA) is 85.1 Å². The number of benzene rings is 1. The number of nitrogens with one attached hydrogen (secondary N) is 1. The first-order valence-electron chi connectivity index (χ1n) is 5.82. The van der Waals surface area contributed by atoms with Gasteiger partial charge in [-0.25, -0.2) is 13.4 Å². The van der Waals surface area contributed by atoms with Gasteiger partial charge in [0.1, 0.15) is 9.50 Å². The summed E-state index contributed by atoms with van der Waals surface area (Å²) < 4.78 is 27.9. The van der Waals surface area contributed by atoms with Gasteiger partial charge >= 0.3 is 0 Å². The summed E-state index contributed by atoms with van der Waals surface area (Å²) in [6, 6.07) is 6.80. The van der Waals surface area contributed by atoms with Crippen LogP contribution in [0.15, 0.2) is 40.0 Å². The van der Waals surface area contributed by atoms with E-state index < -0.39 is 10.0 Å². The molecule has 1 aromatic carbocycles. The predicted octanol–water partition coefficient (Wildman–Crippen LogP) is 2.84. The van der Waals surface area contributed by atoms with Crippen LogP contribution in [0.1, 0.15) is 11.1 Å². The van der Waals surface area contributed by atoms with E-state index in [1.807, 2.05) is 0 Å². The van der Waals surface area contributed by atoms with E-state index in [9.17, 15) is 8.42 Å². The largest absolute Gasteiger partial charge is 0.397 e. The van der Waals surface area contributed by atoms with Gasteiger partial charge in [-0.15, -0.1) is 0 Å². The monoisotopic (exact) mass is 355 g/mol. The Bertz CT molecular complexity index is 760. The molecule has 0 unspecified atom stereocenters. The Morgan fingerprint density at radius 2 is 1.85 bits per heavy atom. The number of pyridine rings is 1. The summed E-state index contributed by atoms with van der Waals surface area (Å²) in [5.74, 6) is 0. The Morgan fingerprint density at radius 1 is 1.20 bits per heavy atom. The van der Waals surface area contributed by atoms with Gasteiger partial charge in [0.05, 0.1) is 11.4 Å². The van der Waals surface area contributed by atoms with Gasteiger partial charge in [-0.2, -0.15) is 0 Å². The maximum Gasteiger partial charge on any atom is 0.264 e. The minimum atomic E-state index is -3.76. The fourth-order valence-electron chi connectivity index (χ4n) is 1.82. The van der Waals surface area contributed by atoms with Crippen molar-refractivity contribution in [2.75, 3.05) is 10.5 Å². The zero-order valence-corrected chi connectivity index (χ0v) is 13.4. The van der Waals surface area contributed by atoms with Crippen molar-refractivity contribution in [2.24, 2.45) is 0 Å². The first-order chi connectivity index (χ1) is 9.33. The number of nitrogen functional groups attached to an aromatic ring is 1. The van der Waals surface area contributed by atoms with Crippen LogP contribution in [0.25, 0.3) is 0 Å². The van der Waals surface area contributed by atoms with Crippen molar-refractivity contribution in [3.05, 3.63) is 46.2 Å². The van der Waals surface area contributed by atoms with E-state index in [4.69, 9.17) is 5.73 Å². The van der Waals surface area contributed by atoms with Crippen molar-refractivity contribution in [1.29, 1.82) is 0 Å².